The molecule has 3 rings (SSSR count). The number of H-pyrrole nitrogens is 1. The van der Waals surface area contributed by atoms with Crippen molar-refractivity contribution in [1.29, 1.82) is 0 Å². The molecule has 0 saturated heterocycles. The van der Waals surface area contributed by atoms with E-state index in [-0.39, 0.29) is 17.6 Å². The van der Waals surface area contributed by atoms with Crippen molar-refractivity contribution in [2.75, 3.05) is 7.11 Å². The van der Waals surface area contributed by atoms with E-state index < -0.39 is 0 Å². The highest BCUT2D eigenvalue weighted by atomic mass is 16.5. The molecule has 0 aliphatic rings. The Morgan fingerprint density at radius 2 is 2.10 bits per heavy atom. The fourth-order valence-electron chi connectivity index (χ4n) is 1.91. The number of aromatic nitrogens is 4. The third-order valence-corrected chi connectivity index (χ3v) is 3.18. The number of benzene rings is 1. The van der Waals surface area contributed by atoms with Crippen LogP contribution in [0.4, 0.5) is 0 Å². The van der Waals surface area contributed by atoms with Crippen LogP contribution in [0.2, 0.25) is 0 Å². The first-order valence-electron chi connectivity index (χ1n) is 6.43. The molecular formula is C14H14N4O3. The Labute approximate surface area is 120 Å². The van der Waals surface area contributed by atoms with Crippen molar-refractivity contribution in [3.05, 3.63) is 52.7 Å². The van der Waals surface area contributed by atoms with Gasteiger partial charge >= 0.3 is 0 Å². The summed E-state index contributed by atoms with van der Waals surface area (Å²) in [6, 6.07) is 9.25. The summed E-state index contributed by atoms with van der Waals surface area (Å²) in [6.45, 7) is 1.80. The molecule has 0 fully saturated rings. The van der Waals surface area contributed by atoms with Gasteiger partial charge in [-0.05, 0) is 19.1 Å². The number of para-hydroxylation sites is 1. The van der Waals surface area contributed by atoms with Crippen LogP contribution < -0.4 is 5.56 Å². The van der Waals surface area contributed by atoms with Crippen LogP contribution in [0.25, 0.3) is 17.1 Å². The van der Waals surface area contributed by atoms with Crippen LogP contribution in [0, 0.1) is 0 Å². The number of nitrogens with one attached hydrogen (secondary N) is 1. The van der Waals surface area contributed by atoms with Gasteiger partial charge in [-0.25, -0.2) is 4.68 Å². The molecule has 1 aromatic carbocycles. The molecule has 0 bridgehead atoms. The zero-order chi connectivity index (χ0) is 14.8. The van der Waals surface area contributed by atoms with Crippen molar-refractivity contribution < 1.29 is 9.26 Å². The SMILES string of the molecule is COC(C)c1noc(-c2c[nH]n(-c3ccccc3)c2=O)n1. The number of ether oxygens (including phenoxy) is 1. The Hall–Kier alpha value is -2.67. The number of hydrogen-bond acceptors (Lipinski definition) is 5. The summed E-state index contributed by atoms with van der Waals surface area (Å²) >= 11 is 0. The van der Waals surface area contributed by atoms with Gasteiger partial charge in [0.1, 0.15) is 11.7 Å². The lowest BCUT2D eigenvalue weighted by Gasteiger charge is -2.00. The first kappa shape index (κ1) is 13.3. The van der Waals surface area contributed by atoms with E-state index in [1.807, 2.05) is 30.3 Å². The Kier molecular flexibility index (Phi) is 3.41. The molecule has 7 nitrogen and oxygen atoms in total. The highest BCUT2D eigenvalue weighted by molar-refractivity contribution is 5.51. The molecule has 21 heavy (non-hydrogen) atoms. The number of nitrogens with zero attached hydrogens (tertiary/aromatic N) is 3. The Morgan fingerprint density at radius 3 is 2.81 bits per heavy atom. The van der Waals surface area contributed by atoms with Crippen molar-refractivity contribution >= 4 is 0 Å². The Balaban J connectivity index is 2.00. The van der Waals surface area contributed by atoms with E-state index in [2.05, 4.69) is 15.2 Å². The van der Waals surface area contributed by atoms with E-state index in [1.54, 1.807) is 20.2 Å². The maximum absolute atomic E-state index is 12.4. The second kappa shape index (κ2) is 5.37. The maximum Gasteiger partial charge on any atom is 0.284 e. The van der Waals surface area contributed by atoms with Gasteiger partial charge in [0.15, 0.2) is 0 Å². The number of methoxy groups -OCH3 is 1. The highest BCUT2D eigenvalue weighted by Gasteiger charge is 2.18. The third-order valence-electron chi connectivity index (χ3n) is 3.18. The summed E-state index contributed by atoms with van der Waals surface area (Å²) in [5, 5.41) is 6.70. The Bertz CT molecular complexity index is 788. The summed E-state index contributed by atoms with van der Waals surface area (Å²) in [6.07, 6.45) is 1.25. The first-order valence-corrected chi connectivity index (χ1v) is 6.43. The summed E-state index contributed by atoms with van der Waals surface area (Å²) in [5.74, 6) is 0.573. The average Bonchev–Trinajstić information content (AvgIpc) is 3.14. The van der Waals surface area contributed by atoms with E-state index >= 15 is 0 Å². The number of aromatic amines is 1. The smallest absolute Gasteiger partial charge is 0.284 e. The van der Waals surface area contributed by atoms with Gasteiger partial charge in [-0.2, -0.15) is 4.98 Å². The molecular weight excluding hydrogens is 272 g/mol. The van der Waals surface area contributed by atoms with Gasteiger partial charge in [0, 0.05) is 13.3 Å². The molecule has 108 valence electrons. The summed E-state index contributed by atoms with van der Waals surface area (Å²) in [4.78, 5) is 16.6. The first-order chi connectivity index (χ1) is 10.2. The quantitative estimate of drug-likeness (QED) is 0.792. The minimum absolute atomic E-state index is 0.171. The van der Waals surface area contributed by atoms with Crippen molar-refractivity contribution in [2.24, 2.45) is 0 Å². The average molecular weight is 286 g/mol. The van der Waals surface area contributed by atoms with Crippen LogP contribution in [-0.2, 0) is 4.74 Å². The van der Waals surface area contributed by atoms with Crippen molar-refractivity contribution in [1.82, 2.24) is 19.9 Å². The van der Waals surface area contributed by atoms with Crippen LogP contribution >= 0.6 is 0 Å². The molecule has 0 spiro atoms. The van der Waals surface area contributed by atoms with Crippen molar-refractivity contribution in [3.63, 3.8) is 0 Å². The van der Waals surface area contributed by atoms with Gasteiger partial charge in [-0.15, -0.1) is 0 Å². The van der Waals surface area contributed by atoms with Gasteiger partial charge in [0.05, 0.1) is 5.69 Å². The monoisotopic (exact) mass is 286 g/mol. The zero-order valence-corrected chi connectivity index (χ0v) is 11.6. The minimum Gasteiger partial charge on any atom is -0.374 e. The molecule has 0 aliphatic heterocycles. The number of hydrogen-bond donors (Lipinski definition) is 1. The molecule has 7 heteroatoms. The molecule has 1 atom stereocenters. The van der Waals surface area contributed by atoms with Gasteiger partial charge in [-0.1, -0.05) is 23.4 Å². The van der Waals surface area contributed by atoms with Gasteiger partial charge in [0.2, 0.25) is 5.82 Å². The summed E-state index contributed by atoms with van der Waals surface area (Å²) in [5.41, 5.74) is 0.807. The van der Waals surface area contributed by atoms with Gasteiger partial charge in [0.25, 0.3) is 11.4 Å². The fraction of sp³-hybridized carbons (Fsp3) is 0.214. The molecule has 3 aromatic rings. The lowest BCUT2D eigenvalue weighted by atomic mass is 10.3. The fourth-order valence-corrected chi connectivity index (χ4v) is 1.91. The predicted molar refractivity (Wildman–Crippen MR) is 75.1 cm³/mol. The Morgan fingerprint density at radius 1 is 1.33 bits per heavy atom. The molecule has 2 heterocycles. The molecule has 0 amide bonds. The third kappa shape index (κ3) is 2.38. The minimum atomic E-state index is -0.294. The predicted octanol–water partition coefficient (Wildman–Crippen LogP) is 1.92. The van der Waals surface area contributed by atoms with Crippen molar-refractivity contribution in [3.8, 4) is 17.1 Å². The van der Waals surface area contributed by atoms with E-state index in [1.165, 1.54) is 4.68 Å². The summed E-state index contributed by atoms with van der Waals surface area (Å²) < 4.78 is 11.7. The molecule has 0 radical (unpaired) electrons. The van der Waals surface area contributed by atoms with Gasteiger partial charge < -0.3 is 9.26 Å². The van der Waals surface area contributed by atoms with Crippen LogP contribution in [0.15, 0.2) is 45.8 Å². The molecule has 1 N–H and O–H groups in total. The maximum atomic E-state index is 12.4. The molecule has 0 saturated carbocycles. The lowest BCUT2D eigenvalue weighted by molar-refractivity contribution is 0.109. The van der Waals surface area contributed by atoms with Gasteiger partial charge in [-0.3, -0.25) is 9.89 Å². The van der Waals surface area contributed by atoms with Crippen LogP contribution in [0.3, 0.4) is 0 Å². The normalized spacial score (nSPS) is 12.5. The highest BCUT2D eigenvalue weighted by Crippen LogP contribution is 2.18. The van der Waals surface area contributed by atoms with E-state index in [9.17, 15) is 4.79 Å². The number of rotatable bonds is 4. The topological polar surface area (TPSA) is 85.9 Å². The lowest BCUT2D eigenvalue weighted by Crippen LogP contribution is -2.15. The van der Waals surface area contributed by atoms with Crippen LogP contribution in [-0.4, -0.2) is 27.0 Å². The second-order valence-corrected chi connectivity index (χ2v) is 4.50. The summed E-state index contributed by atoms with van der Waals surface area (Å²) in [7, 11) is 1.55. The standard InChI is InChI=1S/C14H14N4O3/c1-9(20-2)12-16-13(21-17-12)11-8-15-18(14(11)19)10-6-4-3-5-7-10/h3-9,15H,1-2H3. The molecule has 1 unspecified atom stereocenters. The van der Waals surface area contributed by atoms with Crippen LogP contribution in [0.1, 0.15) is 18.9 Å². The largest absolute Gasteiger partial charge is 0.374 e. The molecule has 0 aliphatic carbocycles. The van der Waals surface area contributed by atoms with E-state index in [4.69, 9.17) is 9.26 Å². The van der Waals surface area contributed by atoms with E-state index in [0.29, 0.717) is 11.4 Å². The van der Waals surface area contributed by atoms with Crippen LogP contribution in [0.5, 0.6) is 0 Å². The van der Waals surface area contributed by atoms with E-state index in [0.717, 1.165) is 5.69 Å². The van der Waals surface area contributed by atoms with Crippen molar-refractivity contribution in [2.45, 2.75) is 13.0 Å². The second-order valence-electron chi connectivity index (χ2n) is 4.50. The zero-order valence-electron chi connectivity index (χ0n) is 11.6. The molecule has 2 aromatic heterocycles.